The molecule has 0 spiro atoms. The number of nitrogens with one attached hydrogen (secondary N) is 1. The van der Waals surface area contributed by atoms with Crippen LogP contribution in [0, 0.1) is 0 Å². The van der Waals surface area contributed by atoms with E-state index in [4.69, 9.17) is 16.3 Å². The zero-order valence-electron chi connectivity index (χ0n) is 11.8. The SMILES string of the molecule is CCOCCCNC(=O)C(C)(C)c1cccc(Cl)c1. The Bertz CT molecular complexity index is 418. The molecule has 0 unspecified atom stereocenters. The second-order valence-electron chi connectivity index (χ2n) is 4.94. The molecular weight excluding hydrogens is 262 g/mol. The molecule has 19 heavy (non-hydrogen) atoms. The second kappa shape index (κ2) is 7.51. The van der Waals surface area contributed by atoms with Crippen LogP contribution < -0.4 is 5.32 Å². The van der Waals surface area contributed by atoms with Gasteiger partial charge in [0.1, 0.15) is 0 Å². The van der Waals surface area contributed by atoms with E-state index in [0.717, 1.165) is 12.0 Å². The summed E-state index contributed by atoms with van der Waals surface area (Å²) in [4.78, 5) is 12.2. The van der Waals surface area contributed by atoms with E-state index in [2.05, 4.69) is 5.32 Å². The molecule has 0 fully saturated rings. The standard InChI is InChI=1S/C15H22ClNO2/c1-4-19-10-6-9-17-14(18)15(2,3)12-7-5-8-13(16)11-12/h5,7-8,11H,4,6,9-10H2,1-3H3,(H,17,18). The van der Waals surface area contributed by atoms with Crippen molar-refractivity contribution >= 4 is 17.5 Å². The van der Waals surface area contributed by atoms with Crippen LogP contribution in [0.15, 0.2) is 24.3 Å². The van der Waals surface area contributed by atoms with E-state index < -0.39 is 5.41 Å². The summed E-state index contributed by atoms with van der Waals surface area (Å²) in [5, 5.41) is 3.59. The molecule has 1 amide bonds. The van der Waals surface area contributed by atoms with Crippen molar-refractivity contribution in [2.45, 2.75) is 32.6 Å². The van der Waals surface area contributed by atoms with Crippen molar-refractivity contribution in [3.05, 3.63) is 34.9 Å². The Morgan fingerprint density at radius 3 is 2.79 bits per heavy atom. The molecule has 106 valence electrons. The second-order valence-corrected chi connectivity index (χ2v) is 5.38. The van der Waals surface area contributed by atoms with Gasteiger partial charge in [-0.2, -0.15) is 0 Å². The van der Waals surface area contributed by atoms with Gasteiger partial charge in [0.2, 0.25) is 5.91 Å². The fourth-order valence-corrected chi connectivity index (χ4v) is 1.94. The van der Waals surface area contributed by atoms with E-state index in [1.54, 1.807) is 6.07 Å². The van der Waals surface area contributed by atoms with Gasteiger partial charge in [0.05, 0.1) is 5.41 Å². The fraction of sp³-hybridized carbons (Fsp3) is 0.533. The average molecular weight is 284 g/mol. The van der Waals surface area contributed by atoms with Crippen LogP contribution in [0.5, 0.6) is 0 Å². The van der Waals surface area contributed by atoms with Gasteiger partial charge in [-0.05, 0) is 44.9 Å². The van der Waals surface area contributed by atoms with Crippen LogP contribution in [-0.4, -0.2) is 25.7 Å². The van der Waals surface area contributed by atoms with Gasteiger partial charge in [0, 0.05) is 24.8 Å². The van der Waals surface area contributed by atoms with Gasteiger partial charge in [0.25, 0.3) is 0 Å². The van der Waals surface area contributed by atoms with Crippen molar-refractivity contribution in [1.29, 1.82) is 0 Å². The number of amides is 1. The largest absolute Gasteiger partial charge is 0.382 e. The van der Waals surface area contributed by atoms with Crippen LogP contribution in [0.25, 0.3) is 0 Å². The lowest BCUT2D eigenvalue weighted by molar-refractivity contribution is -0.125. The van der Waals surface area contributed by atoms with Gasteiger partial charge in [0.15, 0.2) is 0 Å². The van der Waals surface area contributed by atoms with Crippen LogP contribution in [0.4, 0.5) is 0 Å². The highest BCUT2D eigenvalue weighted by Gasteiger charge is 2.29. The molecule has 1 aromatic rings. The first-order chi connectivity index (χ1) is 8.98. The number of benzene rings is 1. The van der Waals surface area contributed by atoms with Crippen LogP contribution in [0.2, 0.25) is 5.02 Å². The molecule has 0 aliphatic rings. The van der Waals surface area contributed by atoms with Crippen molar-refractivity contribution in [3.8, 4) is 0 Å². The van der Waals surface area contributed by atoms with Crippen LogP contribution >= 0.6 is 11.6 Å². The van der Waals surface area contributed by atoms with E-state index in [1.807, 2.05) is 39.0 Å². The number of hydrogen-bond donors (Lipinski definition) is 1. The molecule has 0 saturated heterocycles. The van der Waals surface area contributed by atoms with Crippen molar-refractivity contribution in [1.82, 2.24) is 5.32 Å². The molecular formula is C15H22ClNO2. The van der Waals surface area contributed by atoms with Crippen LogP contribution in [0.1, 0.15) is 32.8 Å². The maximum absolute atomic E-state index is 12.2. The number of halogens is 1. The predicted molar refractivity (Wildman–Crippen MR) is 78.6 cm³/mol. The molecule has 0 aliphatic heterocycles. The molecule has 0 heterocycles. The summed E-state index contributed by atoms with van der Waals surface area (Å²) >= 11 is 5.97. The molecule has 1 N–H and O–H groups in total. The average Bonchev–Trinajstić information content (AvgIpc) is 2.38. The van der Waals surface area contributed by atoms with Crippen molar-refractivity contribution in [3.63, 3.8) is 0 Å². The van der Waals surface area contributed by atoms with Crippen molar-refractivity contribution in [2.75, 3.05) is 19.8 Å². The number of carbonyl (C=O) groups excluding carboxylic acids is 1. The molecule has 0 aromatic heterocycles. The molecule has 1 rings (SSSR count). The summed E-state index contributed by atoms with van der Waals surface area (Å²) < 4.78 is 5.23. The fourth-order valence-electron chi connectivity index (χ4n) is 1.75. The number of hydrogen-bond acceptors (Lipinski definition) is 2. The monoisotopic (exact) mass is 283 g/mol. The van der Waals surface area contributed by atoms with Crippen LogP contribution in [-0.2, 0) is 14.9 Å². The highest BCUT2D eigenvalue weighted by molar-refractivity contribution is 6.30. The summed E-state index contributed by atoms with van der Waals surface area (Å²) in [5.74, 6) is 0.00580. The molecule has 0 atom stereocenters. The first-order valence-electron chi connectivity index (χ1n) is 6.60. The maximum atomic E-state index is 12.2. The Morgan fingerprint density at radius 1 is 1.42 bits per heavy atom. The van der Waals surface area contributed by atoms with Gasteiger partial charge >= 0.3 is 0 Å². The topological polar surface area (TPSA) is 38.3 Å². The molecule has 4 heteroatoms. The zero-order valence-corrected chi connectivity index (χ0v) is 12.6. The van der Waals surface area contributed by atoms with E-state index in [-0.39, 0.29) is 5.91 Å². The first kappa shape index (κ1) is 16.0. The van der Waals surface area contributed by atoms with Gasteiger partial charge in [-0.3, -0.25) is 4.79 Å². The molecule has 0 bridgehead atoms. The number of ether oxygens (including phenoxy) is 1. The van der Waals surface area contributed by atoms with E-state index in [9.17, 15) is 4.79 Å². The third kappa shape index (κ3) is 4.84. The van der Waals surface area contributed by atoms with Gasteiger partial charge in [-0.1, -0.05) is 23.7 Å². The first-order valence-corrected chi connectivity index (χ1v) is 6.98. The minimum atomic E-state index is -0.587. The molecule has 0 aliphatic carbocycles. The number of carbonyl (C=O) groups is 1. The molecule has 1 aromatic carbocycles. The Kier molecular flexibility index (Phi) is 6.32. The van der Waals surface area contributed by atoms with E-state index in [1.165, 1.54) is 0 Å². The van der Waals surface area contributed by atoms with E-state index >= 15 is 0 Å². The third-order valence-electron chi connectivity index (χ3n) is 3.07. The Balaban J connectivity index is 2.54. The highest BCUT2D eigenvalue weighted by atomic mass is 35.5. The Hall–Kier alpha value is -1.06. The van der Waals surface area contributed by atoms with Crippen LogP contribution in [0.3, 0.4) is 0 Å². The highest BCUT2D eigenvalue weighted by Crippen LogP contribution is 2.25. The summed E-state index contributed by atoms with van der Waals surface area (Å²) in [7, 11) is 0. The molecule has 0 radical (unpaired) electrons. The maximum Gasteiger partial charge on any atom is 0.230 e. The molecule has 0 saturated carbocycles. The van der Waals surface area contributed by atoms with Gasteiger partial charge in [-0.15, -0.1) is 0 Å². The summed E-state index contributed by atoms with van der Waals surface area (Å²) in [6, 6.07) is 7.43. The summed E-state index contributed by atoms with van der Waals surface area (Å²) in [6.45, 7) is 7.77. The zero-order chi connectivity index (χ0) is 14.3. The lowest BCUT2D eigenvalue weighted by atomic mass is 9.84. The van der Waals surface area contributed by atoms with Crippen molar-refractivity contribution in [2.24, 2.45) is 0 Å². The Labute approximate surface area is 120 Å². The van der Waals surface area contributed by atoms with Gasteiger partial charge in [-0.25, -0.2) is 0 Å². The minimum Gasteiger partial charge on any atom is -0.382 e. The normalized spacial score (nSPS) is 11.4. The smallest absolute Gasteiger partial charge is 0.230 e. The lowest BCUT2D eigenvalue weighted by Gasteiger charge is -2.24. The summed E-state index contributed by atoms with van der Waals surface area (Å²) in [6.07, 6.45) is 0.825. The number of rotatable bonds is 7. The van der Waals surface area contributed by atoms with E-state index in [0.29, 0.717) is 24.8 Å². The van der Waals surface area contributed by atoms with Gasteiger partial charge < -0.3 is 10.1 Å². The van der Waals surface area contributed by atoms with Crippen molar-refractivity contribution < 1.29 is 9.53 Å². The Morgan fingerprint density at radius 2 is 2.16 bits per heavy atom. The third-order valence-corrected chi connectivity index (χ3v) is 3.30. The quantitative estimate of drug-likeness (QED) is 0.781. The molecule has 3 nitrogen and oxygen atoms in total. The minimum absolute atomic E-state index is 0.00580. The predicted octanol–water partition coefficient (Wildman–Crippen LogP) is 3.16. The lowest BCUT2D eigenvalue weighted by Crippen LogP contribution is -2.40. The summed E-state index contributed by atoms with van der Waals surface area (Å²) in [5.41, 5.74) is 0.332.